The van der Waals surface area contributed by atoms with Crippen molar-refractivity contribution in [2.24, 2.45) is 0 Å². The molecule has 1 rings (SSSR count). The highest BCUT2D eigenvalue weighted by atomic mass is 16.6. The molecule has 0 bridgehead atoms. The molecule has 2 N–H and O–H groups in total. The zero-order valence-corrected chi connectivity index (χ0v) is 16.3. The highest BCUT2D eigenvalue weighted by Gasteiger charge is 2.37. The summed E-state index contributed by atoms with van der Waals surface area (Å²) in [6.45, 7) is 7.74. The van der Waals surface area contributed by atoms with Gasteiger partial charge in [0.25, 0.3) is 5.91 Å². The van der Waals surface area contributed by atoms with Crippen LogP contribution in [0.1, 0.15) is 47.5 Å². The molecule has 0 aliphatic carbocycles. The summed E-state index contributed by atoms with van der Waals surface area (Å²) in [6, 6.07) is -1.92. The van der Waals surface area contributed by atoms with Crippen molar-refractivity contribution >= 4 is 29.8 Å². The number of carbonyl (C=O) groups is 5. The second-order valence-corrected chi connectivity index (χ2v) is 7.09. The number of nitrogens with one attached hydrogen (secondary N) is 2. The topological polar surface area (TPSA) is 131 Å². The SMILES string of the molecule is CCOC(=O)CN1C(=O)CC[C@H](NC(=O)[C@H](C)NC(=O)OC(C)(C)C)C1=O. The Morgan fingerprint density at radius 3 is 2.44 bits per heavy atom. The lowest BCUT2D eigenvalue weighted by Crippen LogP contribution is -2.58. The lowest BCUT2D eigenvalue weighted by Gasteiger charge is -2.31. The Labute approximate surface area is 157 Å². The minimum Gasteiger partial charge on any atom is -0.465 e. The molecule has 2 atom stereocenters. The lowest BCUT2D eigenvalue weighted by atomic mass is 10.0. The summed E-state index contributed by atoms with van der Waals surface area (Å²) in [4.78, 5) is 60.6. The van der Waals surface area contributed by atoms with Gasteiger partial charge < -0.3 is 20.1 Å². The van der Waals surface area contributed by atoms with Crippen LogP contribution in [-0.2, 0) is 28.7 Å². The highest BCUT2D eigenvalue weighted by Crippen LogP contribution is 2.14. The van der Waals surface area contributed by atoms with Gasteiger partial charge in [0.2, 0.25) is 11.8 Å². The van der Waals surface area contributed by atoms with Crippen molar-refractivity contribution in [2.45, 2.75) is 65.1 Å². The van der Waals surface area contributed by atoms with Crippen LogP contribution in [0.5, 0.6) is 0 Å². The normalized spacial score (nSPS) is 18.6. The molecule has 0 spiro atoms. The molecular formula is C17H27N3O7. The molecule has 152 valence electrons. The molecule has 4 amide bonds. The quantitative estimate of drug-likeness (QED) is 0.489. The van der Waals surface area contributed by atoms with Gasteiger partial charge in [0, 0.05) is 6.42 Å². The van der Waals surface area contributed by atoms with E-state index in [-0.39, 0.29) is 19.4 Å². The predicted octanol–water partition coefficient (Wildman–Crippen LogP) is 0.0965. The molecule has 1 saturated heterocycles. The zero-order chi connectivity index (χ0) is 20.8. The summed E-state index contributed by atoms with van der Waals surface area (Å²) in [7, 11) is 0. The molecule has 0 aromatic heterocycles. The predicted molar refractivity (Wildman–Crippen MR) is 93.3 cm³/mol. The number of hydrogen-bond donors (Lipinski definition) is 2. The molecule has 1 heterocycles. The Balaban J connectivity index is 2.64. The fourth-order valence-electron chi connectivity index (χ4n) is 2.32. The second kappa shape index (κ2) is 9.33. The van der Waals surface area contributed by atoms with Gasteiger partial charge in [0.05, 0.1) is 6.61 Å². The van der Waals surface area contributed by atoms with Crippen LogP contribution in [0.3, 0.4) is 0 Å². The van der Waals surface area contributed by atoms with E-state index in [4.69, 9.17) is 9.47 Å². The van der Waals surface area contributed by atoms with E-state index in [0.717, 1.165) is 4.90 Å². The van der Waals surface area contributed by atoms with E-state index < -0.39 is 54.0 Å². The minimum absolute atomic E-state index is 0.00394. The van der Waals surface area contributed by atoms with Crippen molar-refractivity contribution < 1.29 is 33.4 Å². The summed E-state index contributed by atoms with van der Waals surface area (Å²) in [5.74, 6) is -2.49. The summed E-state index contributed by atoms with van der Waals surface area (Å²) < 4.78 is 9.81. The summed E-state index contributed by atoms with van der Waals surface area (Å²) in [6.07, 6.45) is -0.648. The van der Waals surface area contributed by atoms with E-state index in [1.165, 1.54) is 6.92 Å². The van der Waals surface area contributed by atoms with Gasteiger partial charge in [0.1, 0.15) is 24.2 Å². The van der Waals surface area contributed by atoms with Crippen LogP contribution in [0.25, 0.3) is 0 Å². The summed E-state index contributed by atoms with van der Waals surface area (Å²) in [5.41, 5.74) is -0.715. The first-order valence-electron chi connectivity index (χ1n) is 8.74. The van der Waals surface area contributed by atoms with Crippen LogP contribution in [0.2, 0.25) is 0 Å². The monoisotopic (exact) mass is 385 g/mol. The van der Waals surface area contributed by atoms with Crippen molar-refractivity contribution in [2.75, 3.05) is 13.2 Å². The first kappa shape index (κ1) is 22.4. The largest absolute Gasteiger partial charge is 0.465 e. The maximum Gasteiger partial charge on any atom is 0.408 e. The third-order valence-corrected chi connectivity index (χ3v) is 3.55. The van der Waals surface area contributed by atoms with Crippen molar-refractivity contribution in [3.05, 3.63) is 0 Å². The molecule has 0 unspecified atom stereocenters. The summed E-state index contributed by atoms with van der Waals surface area (Å²) >= 11 is 0. The molecular weight excluding hydrogens is 358 g/mol. The smallest absolute Gasteiger partial charge is 0.408 e. The van der Waals surface area contributed by atoms with Crippen molar-refractivity contribution in [3.8, 4) is 0 Å². The van der Waals surface area contributed by atoms with E-state index in [2.05, 4.69) is 10.6 Å². The van der Waals surface area contributed by atoms with Gasteiger partial charge in [-0.05, 0) is 41.0 Å². The molecule has 0 saturated carbocycles. The average molecular weight is 385 g/mol. The molecule has 1 aliphatic rings. The van der Waals surface area contributed by atoms with E-state index in [0.29, 0.717) is 0 Å². The molecule has 0 radical (unpaired) electrons. The Kier molecular flexibility index (Phi) is 7.74. The van der Waals surface area contributed by atoms with Crippen LogP contribution < -0.4 is 10.6 Å². The van der Waals surface area contributed by atoms with Gasteiger partial charge in [0.15, 0.2) is 0 Å². The molecule has 0 aromatic carbocycles. The number of hydrogen-bond acceptors (Lipinski definition) is 7. The molecule has 27 heavy (non-hydrogen) atoms. The van der Waals surface area contributed by atoms with Crippen molar-refractivity contribution in [1.29, 1.82) is 0 Å². The van der Waals surface area contributed by atoms with Crippen LogP contribution in [-0.4, -0.2) is 65.5 Å². The van der Waals surface area contributed by atoms with E-state index in [9.17, 15) is 24.0 Å². The lowest BCUT2D eigenvalue weighted by molar-refractivity contribution is -0.158. The number of likely N-dealkylation sites (tertiary alicyclic amines) is 1. The number of nitrogens with zero attached hydrogens (tertiary/aromatic N) is 1. The average Bonchev–Trinajstić information content (AvgIpc) is 2.52. The first-order chi connectivity index (χ1) is 12.4. The Morgan fingerprint density at radius 2 is 1.89 bits per heavy atom. The standard InChI is InChI=1S/C17H27N3O7/c1-6-26-13(22)9-20-12(21)8-7-11(15(20)24)19-14(23)10(2)18-16(25)27-17(3,4)5/h10-11H,6-9H2,1-5H3,(H,18,25)(H,19,23)/t10-,11-/m0/s1. The summed E-state index contributed by atoms with van der Waals surface area (Å²) in [5, 5.41) is 4.86. The highest BCUT2D eigenvalue weighted by molar-refractivity contribution is 6.04. The maximum absolute atomic E-state index is 12.4. The van der Waals surface area contributed by atoms with Gasteiger partial charge in [-0.2, -0.15) is 0 Å². The minimum atomic E-state index is -0.965. The van der Waals surface area contributed by atoms with Crippen LogP contribution in [0.15, 0.2) is 0 Å². The van der Waals surface area contributed by atoms with Crippen molar-refractivity contribution in [3.63, 3.8) is 0 Å². The van der Waals surface area contributed by atoms with Gasteiger partial charge >= 0.3 is 12.1 Å². The van der Waals surface area contributed by atoms with E-state index >= 15 is 0 Å². The van der Waals surface area contributed by atoms with Gasteiger partial charge in [-0.15, -0.1) is 0 Å². The molecule has 1 aliphatic heterocycles. The number of esters is 1. The third kappa shape index (κ3) is 7.24. The molecule has 10 nitrogen and oxygen atoms in total. The van der Waals surface area contributed by atoms with Crippen molar-refractivity contribution in [1.82, 2.24) is 15.5 Å². The molecule has 0 aromatic rings. The third-order valence-electron chi connectivity index (χ3n) is 3.55. The molecule has 1 fully saturated rings. The van der Waals surface area contributed by atoms with Gasteiger partial charge in [-0.1, -0.05) is 0 Å². The Morgan fingerprint density at radius 1 is 1.26 bits per heavy atom. The van der Waals surface area contributed by atoms with Gasteiger partial charge in [-0.3, -0.25) is 24.1 Å². The van der Waals surface area contributed by atoms with E-state index in [1.807, 2.05) is 0 Å². The number of piperidine rings is 1. The maximum atomic E-state index is 12.4. The first-order valence-corrected chi connectivity index (χ1v) is 8.74. The number of carbonyl (C=O) groups excluding carboxylic acids is 5. The van der Waals surface area contributed by atoms with E-state index in [1.54, 1.807) is 27.7 Å². The van der Waals surface area contributed by atoms with Crippen LogP contribution in [0, 0.1) is 0 Å². The number of amides is 4. The van der Waals surface area contributed by atoms with Crippen LogP contribution in [0.4, 0.5) is 4.79 Å². The Hall–Kier alpha value is -2.65. The number of alkyl carbamates (subject to hydrolysis) is 1. The van der Waals surface area contributed by atoms with Crippen LogP contribution >= 0.6 is 0 Å². The number of ether oxygens (including phenoxy) is 2. The fourth-order valence-corrected chi connectivity index (χ4v) is 2.32. The Bertz CT molecular complexity index is 612. The fraction of sp³-hybridized carbons (Fsp3) is 0.706. The number of rotatable bonds is 6. The zero-order valence-electron chi connectivity index (χ0n) is 16.3. The second-order valence-electron chi connectivity index (χ2n) is 7.09. The van der Waals surface area contributed by atoms with Gasteiger partial charge in [-0.25, -0.2) is 4.79 Å². The molecule has 10 heteroatoms. The number of imide groups is 1.